The maximum absolute atomic E-state index is 12.6. The first-order valence-electron chi connectivity index (χ1n) is 6.55. The first-order valence-corrected chi connectivity index (χ1v) is 6.93. The summed E-state index contributed by atoms with van der Waals surface area (Å²) in [6.45, 7) is 4.87. The van der Waals surface area contributed by atoms with Crippen molar-refractivity contribution in [3.05, 3.63) is 64.2 Å². The molecule has 0 saturated heterocycles. The Morgan fingerprint density at radius 3 is 2.70 bits per heavy atom. The summed E-state index contributed by atoms with van der Waals surface area (Å²) in [5, 5.41) is 0.480. The van der Waals surface area contributed by atoms with E-state index in [1.807, 2.05) is 24.3 Å². The van der Waals surface area contributed by atoms with Gasteiger partial charge in [-0.1, -0.05) is 37.6 Å². The third-order valence-corrected chi connectivity index (χ3v) is 4.01. The van der Waals surface area contributed by atoms with Gasteiger partial charge in [0.05, 0.1) is 11.6 Å². The van der Waals surface area contributed by atoms with Crippen LogP contribution in [0.1, 0.15) is 35.3 Å². The highest BCUT2D eigenvalue weighted by molar-refractivity contribution is 6.35. The third-order valence-electron chi connectivity index (χ3n) is 3.68. The van der Waals surface area contributed by atoms with Gasteiger partial charge in [-0.25, -0.2) is 0 Å². The van der Waals surface area contributed by atoms with Gasteiger partial charge in [0.15, 0.2) is 5.78 Å². The van der Waals surface area contributed by atoms with E-state index in [9.17, 15) is 4.79 Å². The molecular formula is C17H15ClO2. The lowest BCUT2D eigenvalue weighted by molar-refractivity contribution is 0.103. The molecule has 0 amide bonds. The number of benzene rings is 2. The summed E-state index contributed by atoms with van der Waals surface area (Å²) in [5.41, 5.74) is 2.20. The van der Waals surface area contributed by atoms with Gasteiger partial charge in [-0.2, -0.15) is 0 Å². The number of ether oxygens (including phenoxy) is 1. The zero-order chi connectivity index (χ0) is 14.3. The fourth-order valence-electron chi connectivity index (χ4n) is 2.46. The zero-order valence-electron chi connectivity index (χ0n) is 11.4. The first-order chi connectivity index (χ1) is 9.49. The van der Waals surface area contributed by atoms with Crippen LogP contribution in [-0.4, -0.2) is 12.4 Å². The molecule has 0 aliphatic carbocycles. The molecule has 0 atom stereocenters. The van der Waals surface area contributed by atoms with Gasteiger partial charge in [0.2, 0.25) is 0 Å². The molecule has 0 saturated carbocycles. The van der Waals surface area contributed by atoms with Crippen molar-refractivity contribution in [3.8, 4) is 5.75 Å². The second-order valence-corrected chi connectivity index (χ2v) is 6.10. The van der Waals surface area contributed by atoms with E-state index in [4.69, 9.17) is 16.3 Å². The number of halogens is 1. The molecule has 0 spiro atoms. The maximum atomic E-state index is 12.6. The van der Waals surface area contributed by atoms with E-state index in [2.05, 4.69) is 13.8 Å². The topological polar surface area (TPSA) is 26.3 Å². The van der Waals surface area contributed by atoms with Gasteiger partial charge >= 0.3 is 0 Å². The molecular weight excluding hydrogens is 272 g/mol. The van der Waals surface area contributed by atoms with E-state index in [0.29, 0.717) is 22.8 Å². The van der Waals surface area contributed by atoms with Crippen molar-refractivity contribution in [1.82, 2.24) is 0 Å². The van der Waals surface area contributed by atoms with E-state index >= 15 is 0 Å². The lowest BCUT2D eigenvalue weighted by Crippen LogP contribution is -2.18. The minimum absolute atomic E-state index is 0.0545. The molecule has 1 aliphatic rings. The number of ketones is 1. The SMILES string of the molecule is CC1(C)COc2ccc(C(=O)c3ccccc3Cl)cc21. The van der Waals surface area contributed by atoms with Crippen LogP contribution in [0.2, 0.25) is 5.02 Å². The van der Waals surface area contributed by atoms with E-state index in [1.165, 1.54) is 0 Å². The molecule has 3 heteroatoms. The van der Waals surface area contributed by atoms with Crippen LogP contribution in [0.15, 0.2) is 42.5 Å². The molecule has 0 radical (unpaired) electrons. The Balaban J connectivity index is 2.05. The van der Waals surface area contributed by atoms with Gasteiger partial charge in [0, 0.05) is 22.1 Å². The van der Waals surface area contributed by atoms with Gasteiger partial charge in [0.1, 0.15) is 5.75 Å². The quantitative estimate of drug-likeness (QED) is 0.772. The van der Waals surface area contributed by atoms with Crippen molar-refractivity contribution in [2.45, 2.75) is 19.3 Å². The average molecular weight is 287 g/mol. The molecule has 0 fully saturated rings. The van der Waals surface area contributed by atoms with E-state index in [1.54, 1.807) is 18.2 Å². The summed E-state index contributed by atoms with van der Waals surface area (Å²) in [7, 11) is 0. The summed E-state index contributed by atoms with van der Waals surface area (Å²) in [6.07, 6.45) is 0. The van der Waals surface area contributed by atoms with E-state index < -0.39 is 0 Å². The molecule has 0 unspecified atom stereocenters. The monoisotopic (exact) mass is 286 g/mol. The molecule has 3 rings (SSSR count). The average Bonchev–Trinajstić information content (AvgIpc) is 2.74. The highest BCUT2D eigenvalue weighted by Crippen LogP contribution is 2.39. The molecule has 0 N–H and O–H groups in total. The Labute approximate surface area is 123 Å². The zero-order valence-corrected chi connectivity index (χ0v) is 12.2. The number of carbonyl (C=O) groups excluding carboxylic acids is 1. The van der Waals surface area contributed by atoms with Crippen molar-refractivity contribution in [2.24, 2.45) is 0 Å². The minimum Gasteiger partial charge on any atom is -0.492 e. The molecule has 1 aliphatic heterocycles. The van der Waals surface area contributed by atoms with Crippen molar-refractivity contribution >= 4 is 17.4 Å². The van der Waals surface area contributed by atoms with Gasteiger partial charge in [0.25, 0.3) is 0 Å². The standard InChI is InChI=1S/C17H15ClO2/c1-17(2)10-20-15-8-7-11(9-13(15)17)16(19)12-5-3-4-6-14(12)18/h3-9H,10H2,1-2H3. The summed E-state index contributed by atoms with van der Waals surface area (Å²) in [4.78, 5) is 12.6. The minimum atomic E-state index is -0.0634. The molecule has 2 aromatic rings. The molecule has 20 heavy (non-hydrogen) atoms. The highest BCUT2D eigenvalue weighted by atomic mass is 35.5. The van der Waals surface area contributed by atoms with Crippen LogP contribution in [-0.2, 0) is 5.41 Å². The predicted octanol–water partition coefficient (Wildman–Crippen LogP) is 4.24. The molecule has 102 valence electrons. The summed E-state index contributed by atoms with van der Waals surface area (Å²) in [6, 6.07) is 12.7. The van der Waals surface area contributed by atoms with Crippen LogP contribution in [0.5, 0.6) is 5.75 Å². The molecule has 2 aromatic carbocycles. The predicted molar refractivity (Wildman–Crippen MR) is 79.8 cm³/mol. The lowest BCUT2D eigenvalue weighted by atomic mass is 9.85. The smallest absolute Gasteiger partial charge is 0.194 e. The van der Waals surface area contributed by atoms with Crippen molar-refractivity contribution in [1.29, 1.82) is 0 Å². The summed E-state index contributed by atoms with van der Waals surface area (Å²) < 4.78 is 5.64. The first kappa shape index (κ1) is 13.2. The maximum Gasteiger partial charge on any atom is 0.194 e. The van der Waals surface area contributed by atoms with Crippen molar-refractivity contribution < 1.29 is 9.53 Å². The van der Waals surface area contributed by atoms with E-state index in [0.717, 1.165) is 11.3 Å². The Bertz CT molecular complexity index is 689. The number of fused-ring (bicyclic) bond motifs is 1. The van der Waals surface area contributed by atoms with Crippen LogP contribution in [0, 0.1) is 0 Å². The molecule has 0 bridgehead atoms. The van der Waals surface area contributed by atoms with Crippen LogP contribution >= 0.6 is 11.6 Å². The number of carbonyl (C=O) groups is 1. The number of hydrogen-bond donors (Lipinski definition) is 0. The largest absolute Gasteiger partial charge is 0.492 e. The van der Waals surface area contributed by atoms with Crippen LogP contribution < -0.4 is 4.74 Å². The summed E-state index contributed by atoms with van der Waals surface area (Å²) >= 11 is 6.10. The second kappa shape index (κ2) is 4.64. The normalized spacial score (nSPS) is 15.6. The van der Waals surface area contributed by atoms with Crippen LogP contribution in [0.25, 0.3) is 0 Å². The van der Waals surface area contributed by atoms with Gasteiger partial charge in [-0.15, -0.1) is 0 Å². The van der Waals surface area contributed by atoms with Crippen LogP contribution in [0.4, 0.5) is 0 Å². The third kappa shape index (κ3) is 2.10. The van der Waals surface area contributed by atoms with Crippen molar-refractivity contribution in [2.75, 3.05) is 6.61 Å². The van der Waals surface area contributed by atoms with Crippen molar-refractivity contribution in [3.63, 3.8) is 0 Å². The van der Waals surface area contributed by atoms with Gasteiger partial charge < -0.3 is 4.74 Å². The molecule has 1 heterocycles. The van der Waals surface area contributed by atoms with Gasteiger partial charge in [-0.05, 0) is 30.3 Å². The highest BCUT2D eigenvalue weighted by Gasteiger charge is 2.32. The Hall–Kier alpha value is -1.80. The second-order valence-electron chi connectivity index (χ2n) is 5.69. The van der Waals surface area contributed by atoms with Crippen LogP contribution in [0.3, 0.4) is 0 Å². The Morgan fingerprint density at radius 2 is 1.95 bits per heavy atom. The fourth-order valence-corrected chi connectivity index (χ4v) is 2.68. The number of rotatable bonds is 2. The lowest BCUT2D eigenvalue weighted by Gasteiger charge is -2.15. The molecule has 0 aromatic heterocycles. The van der Waals surface area contributed by atoms with Gasteiger partial charge in [-0.3, -0.25) is 4.79 Å². The summed E-state index contributed by atoms with van der Waals surface area (Å²) in [5.74, 6) is 0.812. The molecule has 2 nitrogen and oxygen atoms in total. The Kier molecular flexibility index (Phi) is 3.06. The Morgan fingerprint density at radius 1 is 1.20 bits per heavy atom. The number of hydrogen-bond acceptors (Lipinski definition) is 2. The van der Waals surface area contributed by atoms with E-state index in [-0.39, 0.29) is 11.2 Å². The fraction of sp³-hybridized carbons (Fsp3) is 0.235.